The monoisotopic (exact) mass is 282 g/mol. The van der Waals surface area contributed by atoms with Gasteiger partial charge in [-0.05, 0) is 60.2 Å². The molecule has 0 aromatic rings. The van der Waals surface area contributed by atoms with Crippen LogP contribution >= 0.6 is 0 Å². The fourth-order valence-electron chi connectivity index (χ4n) is 5.98. The number of rotatable bonds is 3. The summed E-state index contributed by atoms with van der Waals surface area (Å²) in [5.74, 6) is 1.55. The highest BCUT2D eigenvalue weighted by Crippen LogP contribution is 2.65. The Bertz CT molecular complexity index is 322. The molecule has 0 radical (unpaired) electrons. The third-order valence-electron chi connectivity index (χ3n) is 7.14. The van der Waals surface area contributed by atoms with Gasteiger partial charge in [0.1, 0.15) is 0 Å². The highest BCUT2D eigenvalue weighted by molar-refractivity contribution is 5.06. The van der Waals surface area contributed by atoms with Crippen molar-refractivity contribution in [2.75, 3.05) is 6.61 Å². The lowest BCUT2D eigenvalue weighted by Crippen LogP contribution is -2.54. The van der Waals surface area contributed by atoms with Crippen LogP contribution in [0, 0.1) is 28.1 Å². The first-order valence-electron chi connectivity index (χ1n) is 8.41. The zero-order valence-corrected chi connectivity index (χ0v) is 13.8. The Balaban J connectivity index is 0.00000200. The van der Waals surface area contributed by atoms with Gasteiger partial charge in [-0.15, -0.1) is 0 Å². The van der Waals surface area contributed by atoms with Crippen molar-refractivity contribution >= 4 is 0 Å². The maximum Gasteiger partial charge on any atom is 0.0434 e. The van der Waals surface area contributed by atoms with Crippen LogP contribution in [0.15, 0.2) is 0 Å². The van der Waals surface area contributed by atoms with Crippen LogP contribution in [0.4, 0.5) is 0 Å². The minimum absolute atomic E-state index is 0. The highest BCUT2D eigenvalue weighted by atomic mass is 16.3. The van der Waals surface area contributed by atoms with E-state index in [2.05, 4.69) is 34.6 Å². The summed E-state index contributed by atoms with van der Waals surface area (Å²) in [7, 11) is 0. The lowest BCUT2D eigenvalue weighted by atomic mass is 9.42. The van der Waals surface area contributed by atoms with Gasteiger partial charge in [-0.1, -0.05) is 54.9 Å². The van der Waals surface area contributed by atoms with Gasteiger partial charge >= 0.3 is 0 Å². The third kappa shape index (κ3) is 2.67. The largest absolute Gasteiger partial charge is 0.396 e. The predicted molar refractivity (Wildman–Crippen MR) is 88.8 cm³/mol. The summed E-state index contributed by atoms with van der Waals surface area (Å²) < 4.78 is 0. The smallest absolute Gasteiger partial charge is 0.0434 e. The molecule has 0 saturated heterocycles. The van der Waals surface area contributed by atoms with Crippen molar-refractivity contribution in [2.45, 2.75) is 87.0 Å². The van der Waals surface area contributed by atoms with Crippen molar-refractivity contribution in [1.82, 2.24) is 0 Å². The lowest BCUT2D eigenvalue weighted by molar-refractivity contribution is -0.135. The second-order valence-electron chi connectivity index (χ2n) is 8.51. The zero-order valence-electron chi connectivity index (χ0n) is 13.8. The van der Waals surface area contributed by atoms with E-state index < -0.39 is 0 Å². The van der Waals surface area contributed by atoms with Crippen LogP contribution in [0.25, 0.3) is 0 Å². The molecule has 120 valence electrons. The average molecular weight is 283 g/mol. The van der Waals surface area contributed by atoms with E-state index in [1.165, 1.54) is 38.5 Å². The van der Waals surface area contributed by atoms with Crippen LogP contribution in [0.1, 0.15) is 87.0 Å². The summed E-state index contributed by atoms with van der Waals surface area (Å²) in [5.41, 5.74) is 1.39. The van der Waals surface area contributed by atoms with Crippen molar-refractivity contribution in [3.05, 3.63) is 0 Å². The molecule has 20 heavy (non-hydrogen) atoms. The van der Waals surface area contributed by atoms with Gasteiger partial charge in [0.05, 0.1) is 0 Å². The van der Waals surface area contributed by atoms with E-state index in [0.717, 1.165) is 12.3 Å². The van der Waals surface area contributed by atoms with E-state index >= 15 is 0 Å². The summed E-state index contributed by atoms with van der Waals surface area (Å²) in [6, 6.07) is 0. The molecule has 2 aliphatic rings. The maximum absolute atomic E-state index is 9.58. The summed E-state index contributed by atoms with van der Waals surface area (Å²) in [6.45, 7) is 12.7. The molecule has 2 fully saturated rings. The molecule has 0 heterocycles. The minimum Gasteiger partial charge on any atom is -0.396 e. The Morgan fingerprint density at radius 2 is 1.70 bits per heavy atom. The predicted octanol–water partition coefficient (Wildman–Crippen LogP) is 5.66. The molecule has 0 spiro atoms. The molecule has 1 N–H and O–H groups in total. The normalized spacial score (nSPS) is 43.5. The Kier molecular flexibility index (Phi) is 5.39. The molecule has 2 rings (SSSR count). The molecule has 0 aromatic carbocycles. The number of aliphatic hydroxyl groups is 1. The molecule has 1 unspecified atom stereocenters. The molecule has 0 amide bonds. The van der Waals surface area contributed by atoms with E-state index in [9.17, 15) is 5.11 Å². The zero-order chi connectivity index (χ0) is 14.3. The molecule has 0 aliphatic heterocycles. The third-order valence-corrected chi connectivity index (χ3v) is 7.14. The van der Waals surface area contributed by atoms with Crippen LogP contribution in [0.2, 0.25) is 0 Å². The summed E-state index contributed by atoms with van der Waals surface area (Å²) in [6.07, 6.45) is 9.17. The van der Waals surface area contributed by atoms with Gasteiger partial charge in [-0.25, -0.2) is 0 Å². The minimum atomic E-state index is 0. The molecule has 0 bridgehead atoms. The fraction of sp³-hybridized carbons (Fsp3) is 1.00. The van der Waals surface area contributed by atoms with E-state index in [1.54, 1.807) is 0 Å². The molecule has 0 aromatic heterocycles. The van der Waals surface area contributed by atoms with Gasteiger partial charge in [0.25, 0.3) is 0 Å². The molecule has 2 aliphatic carbocycles. The van der Waals surface area contributed by atoms with Crippen LogP contribution in [0.3, 0.4) is 0 Å². The average Bonchev–Trinajstić information content (AvgIpc) is 2.33. The maximum atomic E-state index is 9.58. The topological polar surface area (TPSA) is 20.2 Å². The van der Waals surface area contributed by atoms with E-state index in [0.29, 0.717) is 28.8 Å². The molecule has 1 heteroatoms. The highest BCUT2D eigenvalue weighted by Gasteiger charge is 2.57. The van der Waals surface area contributed by atoms with Gasteiger partial charge in [0, 0.05) is 6.61 Å². The SMILES string of the molecule is C.CC[C@@]1(C)CC[C@H]2C(C)(C)CCCC2(C)[C@@H]1CCO. The molecule has 2 saturated carbocycles. The van der Waals surface area contributed by atoms with Gasteiger partial charge in [-0.3, -0.25) is 0 Å². The van der Waals surface area contributed by atoms with Gasteiger partial charge in [0.15, 0.2) is 0 Å². The van der Waals surface area contributed by atoms with Crippen molar-refractivity contribution < 1.29 is 5.11 Å². The van der Waals surface area contributed by atoms with Gasteiger partial charge in [-0.2, -0.15) is 0 Å². The van der Waals surface area contributed by atoms with Gasteiger partial charge in [0.2, 0.25) is 0 Å². The van der Waals surface area contributed by atoms with Crippen molar-refractivity contribution in [3.8, 4) is 0 Å². The molecule has 4 atom stereocenters. The second-order valence-corrected chi connectivity index (χ2v) is 8.51. The number of aliphatic hydroxyl groups excluding tert-OH is 1. The van der Waals surface area contributed by atoms with Crippen LogP contribution in [0.5, 0.6) is 0 Å². The Morgan fingerprint density at radius 3 is 2.25 bits per heavy atom. The quantitative estimate of drug-likeness (QED) is 0.707. The van der Waals surface area contributed by atoms with Gasteiger partial charge < -0.3 is 5.11 Å². The standard InChI is InChI=1S/C18H34O.CH4/c1-6-17(4)12-8-14-16(2,3)10-7-11-18(14,5)15(17)9-13-19;/h14-15,19H,6-13H2,1-5H3;1H4/t14-,15+,17-,18?;/m0./s1. The fourth-order valence-corrected chi connectivity index (χ4v) is 5.98. The second kappa shape index (κ2) is 5.99. The first kappa shape index (κ1) is 18.0. The van der Waals surface area contributed by atoms with E-state index in [-0.39, 0.29) is 7.43 Å². The molecular weight excluding hydrogens is 244 g/mol. The first-order chi connectivity index (χ1) is 8.80. The van der Waals surface area contributed by atoms with E-state index in [4.69, 9.17) is 0 Å². The molecular formula is C19H38O. The first-order valence-corrected chi connectivity index (χ1v) is 8.41. The summed E-state index contributed by atoms with van der Waals surface area (Å²) in [4.78, 5) is 0. The summed E-state index contributed by atoms with van der Waals surface area (Å²) in [5, 5.41) is 9.58. The van der Waals surface area contributed by atoms with Crippen LogP contribution in [-0.2, 0) is 0 Å². The molecule has 1 nitrogen and oxygen atoms in total. The Labute approximate surface area is 127 Å². The Morgan fingerprint density at radius 1 is 1.05 bits per heavy atom. The van der Waals surface area contributed by atoms with Crippen molar-refractivity contribution in [3.63, 3.8) is 0 Å². The lowest BCUT2D eigenvalue weighted by Gasteiger charge is -2.62. The summed E-state index contributed by atoms with van der Waals surface area (Å²) >= 11 is 0. The van der Waals surface area contributed by atoms with Crippen molar-refractivity contribution in [1.29, 1.82) is 0 Å². The van der Waals surface area contributed by atoms with E-state index in [1.807, 2.05) is 0 Å². The van der Waals surface area contributed by atoms with Crippen LogP contribution in [-0.4, -0.2) is 11.7 Å². The van der Waals surface area contributed by atoms with Crippen molar-refractivity contribution in [2.24, 2.45) is 28.1 Å². The Hall–Kier alpha value is -0.0400. The van der Waals surface area contributed by atoms with Crippen LogP contribution < -0.4 is 0 Å². The number of hydrogen-bond donors (Lipinski definition) is 1. The number of fused-ring (bicyclic) bond motifs is 1. The number of hydrogen-bond acceptors (Lipinski definition) is 1.